The molecule has 1 fully saturated rings. The minimum atomic E-state index is -0.477. The largest absolute Gasteiger partial charge is 0.379 e. The van der Waals surface area contributed by atoms with Gasteiger partial charge in [0.15, 0.2) is 5.65 Å². The number of carbonyl (C=O) groups excluding carboxylic acids is 1. The Bertz CT molecular complexity index is 1020. The molecule has 2 aromatic heterocycles. The van der Waals surface area contributed by atoms with Gasteiger partial charge in [-0.25, -0.2) is 19.4 Å². The summed E-state index contributed by atoms with van der Waals surface area (Å²) in [6.45, 7) is 4.86. The fourth-order valence-corrected chi connectivity index (χ4v) is 3.52. The van der Waals surface area contributed by atoms with Crippen LogP contribution in [0.2, 0.25) is 10.0 Å². The summed E-state index contributed by atoms with van der Waals surface area (Å²) in [5.41, 5.74) is 1.10. The Balaban J connectivity index is 1.45. The van der Waals surface area contributed by atoms with Gasteiger partial charge in [0.05, 0.1) is 42.1 Å². The summed E-state index contributed by atoms with van der Waals surface area (Å²) >= 11 is 12.0. The number of rotatable bonds is 5. The first-order valence-corrected chi connectivity index (χ1v) is 9.85. The number of aromatic nitrogens is 4. The Hall–Kier alpha value is -2.46. The minimum absolute atomic E-state index is 0.344. The van der Waals surface area contributed by atoms with E-state index in [0.717, 1.165) is 32.8 Å². The Labute approximate surface area is 177 Å². The summed E-state index contributed by atoms with van der Waals surface area (Å²) in [7, 11) is 0. The predicted octanol–water partition coefficient (Wildman–Crippen LogP) is 3.11. The first-order chi connectivity index (χ1) is 14.1. The van der Waals surface area contributed by atoms with E-state index in [1.165, 1.54) is 6.33 Å². The number of ether oxygens (including phenoxy) is 1. The van der Waals surface area contributed by atoms with Crippen LogP contribution in [0.15, 0.2) is 30.7 Å². The fourth-order valence-electron chi connectivity index (χ4n) is 3.07. The molecule has 2 amide bonds. The molecule has 9 nitrogen and oxygen atoms in total. The van der Waals surface area contributed by atoms with E-state index in [-0.39, 0.29) is 0 Å². The standard InChI is InChI=1S/C18H19Cl2N7O2/c19-12-1-2-15(14(20)9-12)24-18(28)25-16-13-10-23-27(17(13)22-11-21-16)4-3-26-5-7-29-8-6-26/h1-2,9-11H,3-8H2,(H2,21,22,24,25,28). The second-order valence-electron chi connectivity index (χ2n) is 6.48. The number of hydrogen-bond acceptors (Lipinski definition) is 6. The summed E-state index contributed by atoms with van der Waals surface area (Å²) in [5, 5.41) is 11.3. The van der Waals surface area contributed by atoms with E-state index in [1.54, 1.807) is 24.4 Å². The van der Waals surface area contributed by atoms with E-state index in [0.29, 0.717) is 39.1 Å². The maximum atomic E-state index is 12.4. The molecule has 0 saturated carbocycles. The maximum Gasteiger partial charge on any atom is 0.324 e. The van der Waals surface area contributed by atoms with Crippen molar-refractivity contribution < 1.29 is 9.53 Å². The van der Waals surface area contributed by atoms with Crippen molar-refractivity contribution in [3.05, 3.63) is 40.8 Å². The average Bonchev–Trinajstić information content (AvgIpc) is 3.13. The summed E-state index contributed by atoms with van der Waals surface area (Å²) in [6, 6.07) is 4.35. The Morgan fingerprint density at radius 2 is 1.97 bits per heavy atom. The van der Waals surface area contributed by atoms with Gasteiger partial charge in [0.2, 0.25) is 0 Å². The van der Waals surface area contributed by atoms with Gasteiger partial charge in [-0.15, -0.1) is 0 Å². The molecule has 152 valence electrons. The van der Waals surface area contributed by atoms with Crippen molar-refractivity contribution in [2.75, 3.05) is 43.5 Å². The SMILES string of the molecule is O=C(Nc1ccc(Cl)cc1Cl)Nc1ncnc2c1cnn2CCN1CCOCC1. The van der Waals surface area contributed by atoms with Crippen molar-refractivity contribution in [1.29, 1.82) is 0 Å². The molecule has 0 unspecified atom stereocenters. The summed E-state index contributed by atoms with van der Waals surface area (Å²) in [6.07, 6.45) is 3.06. The number of hydrogen-bond donors (Lipinski definition) is 2. The van der Waals surface area contributed by atoms with Crippen LogP contribution >= 0.6 is 23.2 Å². The van der Waals surface area contributed by atoms with Gasteiger partial charge in [-0.1, -0.05) is 23.2 Å². The Morgan fingerprint density at radius 1 is 1.14 bits per heavy atom. The highest BCUT2D eigenvalue weighted by Crippen LogP contribution is 2.26. The number of benzene rings is 1. The lowest BCUT2D eigenvalue weighted by Gasteiger charge is -2.26. The molecule has 3 heterocycles. The molecule has 1 saturated heterocycles. The van der Waals surface area contributed by atoms with Crippen LogP contribution in [-0.2, 0) is 11.3 Å². The number of fused-ring (bicyclic) bond motifs is 1. The highest BCUT2D eigenvalue weighted by molar-refractivity contribution is 6.36. The third-order valence-corrected chi connectivity index (χ3v) is 5.12. The number of anilines is 2. The molecule has 0 bridgehead atoms. The number of nitrogens with one attached hydrogen (secondary N) is 2. The predicted molar refractivity (Wildman–Crippen MR) is 112 cm³/mol. The van der Waals surface area contributed by atoms with Crippen LogP contribution in [0.1, 0.15) is 0 Å². The number of halogens is 2. The molecule has 4 rings (SSSR count). The quantitative estimate of drug-likeness (QED) is 0.638. The number of urea groups is 1. The van der Waals surface area contributed by atoms with Gasteiger partial charge in [0.25, 0.3) is 0 Å². The zero-order valence-corrected chi connectivity index (χ0v) is 16.9. The van der Waals surface area contributed by atoms with E-state index in [2.05, 4.69) is 30.6 Å². The van der Waals surface area contributed by atoms with Gasteiger partial charge in [-0.05, 0) is 18.2 Å². The first-order valence-electron chi connectivity index (χ1n) is 9.10. The molecule has 1 aliphatic heterocycles. The molecular formula is C18H19Cl2N7O2. The zero-order valence-electron chi connectivity index (χ0n) is 15.4. The van der Waals surface area contributed by atoms with Gasteiger partial charge in [-0.2, -0.15) is 5.10 Å². The van der Waals surface area contributed by atoms with Crippen LogP contribution in [0, 0.1) is 0 Å². The van der Waals surface area contributed by atoms with E-state index in [1.807, 2.05) is 4.68 Å². The lowest BCUT2D eigenvalue weighted by molar-refractivity contribution is 0.0361. The fraction of sp³-hybridized carbons (Fsp3) is 0.333. The number of nitrogens with zero attached hydrogens (tertiary/aromatic N) is 5. The Kier molecular flexibility index (Phi) is 6.10. The van der Waals surface area contributed by atoms with Gasteiger partial charge >= 0.3 is 6.03 Å². The van der Waals surface area contributed by atoms with Gasteiger partial charge in [0.1, 0.15) is 12.1 Å². The lowest BCUT2D eigenvalue weighted by Crippen LogP contribution is -2.38. The van der Waals surface area contributed by atoms with Crippen molar-refractivity contribution in [3.8, 4) is 0 Å². The van der Waals surface area contributed by atoms with Crippen LogP contribution in [0.4, 0.5) is 16.3 Å². The molecule has 3 aromatic rings. The molecule has 11 heteroatoms. The van der Waals surface area contributed by atoms with Crippen molar-refractivity contribution in [1.82, 2.24) is 24.6 Å². The third-order valence-electron chi connectivity index (χ3n) is 4.58. The van der Waals surface area contributed by atoms with E-state index >= 15 is 0 Å². The molecule has 0 atom stereocenters. The van der Waals surface area contributed by atoms with Crippen LogP contribution in [-0.4, -0.2) is 63.5 Å². The van der Waals surface area contributed by atoms with E-state index in [9.17, 15) is 4.79 Å². The van der Waals surface area contributed by atoms with Crippen molar-refractivity contribution in [3.63, 3.8) is 0 Å². The van der Waals surface area contributed by atoms with Crippen molar-refractivity contribution in [2.24, 2.45) is 0 Å². The van der Waals surface area contributed by atoms with E-state index < -0.39 is 6.03 Å². The molecule has 2 N–H and O–H groups in total. The van der Waals surface area contributed by atoms with Gasteiger partial charge < -0.3 is 10.1 Å². The van der Waals surface area contributed by atoms with Crippen LogP contribution < -0.4 is 10.6 Å². The molecular weight excluding hydrogens is 417 g/mol. The molecule has 0 radical (unpaired) electrons. The monoisotopic (exact) mass is 435 g/mol. The second-order valence-corrected chi connectivity index (χ2v) is 7.33. The third kappa shape index (κ3) is 4.76. The normalized spacial score (nSPS) is 14.8. The minimum Gasteiger partial charge on any atom is -0.379 e. The highest BCUT2D eigenvalue weighted by atomic mass is 35.5. The average molecular weight is 436 g/mol. The molecule has 1 aliphatic rings. The molecule has 29 heavy (non-hydrogen) atoms. The van der Waals surface area contributed by atoms with Crippen molar-refractivity contribution in [2.45, 2.75) is 6.54 Å². The molecule has 0 spiro atoms. The highest BCUT2D eigenvalue weighted by Gasteiger charge is 2.15. The summed E-state index contributed by atoms with van der Waals surface area (Å²) in [5.74, 6) is 0.371. The number of morpholine rings is 1. The van der Waals surface area contributed by atoms with E-state index in [4.69, 9.17) is 27.9 Å². The zero-order chi connectivity index (χ0) is 20.2. The van der Waals surface area contributed by atoms with Crippen molar-refractivity contribution >= 4 is 51.8 Å². The number of carbonyl (C=O) groups is 1. The topological polar surface area (TPSA) is 97.2 Å². The first kappa shape index (κ1) is 19.8. The Morgan fingerprint density at radius 3 is 2.76 bits per heavy atom. The smallest absolute Gasteiger partial charge is 0.324 e. The lowest BCUT2D eigenvalue weighted by atomic mass is 10.3. The maximum absolute atomic E-state index is 12.4. The van der Waals surface area contributed by atoms with Crippen LogP contribution in [0.3, 0.4) is 0 Å². The van der Waals surface area contributed by atoms with Gasteiger partial charge in [-0.3, -0.25) is 10.2 Å². The molecule has 1 aromatic carbocycles. The summed E-state index contributed by atoms with van der Waals surface area (Å²) in [4.78, 5) is 23.2. The van der Waals surface area contributed by atoms with Gasteiger partial charge in [0, 0.05) is 24.7 Å². The van der Waals surface area contributed by atoms with Crippen LogP contribution in [0.25, 0.3) is 11.0 Å². The summed E-state index contributed by atoms with van der Waals surface area (Å²) < 4.78 is 7.18. The second kappa shape index (κ2) is 8.91. The number of amides is 2. The molecule has 0 aliphatic carbocycles. The van der Waals surface area contributed by atoms with Crippen LogP contribution in [0.5, 0.6) is 0 Å².